The lowest BCUT2D eigenvalue weighted by atomic mass is 10.2. The first-order valence-electron chi connectivity index (χ1n) is 3.17. The van der Waals surface area contributed by atoms with E-state index in [1.807, 2.05) is 18.2 Å². The smallest absolute Gasteiger partial charge is 0.0568 e. The van der Waals surface area contributed by atoms with Crippen LogP contribution in [0.1, 0.15) is 5.56 Å². The number of anilines is 1. The zero-order valence-electron chi connectivity index (χ0n) is 5.97. The van der Waals surface area contributed by atoms with Gasteiger partial charge in [-0.2, -0.15) is 0 Å². The molecule has 58 valence electrons. The van der Waals surface area contributed by atoms with Crippen molar-refractivity contribution in [2.45, 2.75) is 0 Å². The van der Waals surface area contributed by atoms with E-state index >= 15 is 0 Å². The van der Waals surface area contributed by atoms with Crippen LogP contribution >= 0.6 is 15.9 Å². The van der Waals surface area contributed by atoms with Crippen LogP contribution in [0.15, 0.2) is 29.3 Å². The molecule has 0 spiro atoms. The van der Waals surface area contributed by atoms with Crippen molar-refractivity contribution in [2.24, 2.45) is 5.84 Å². The number of benzene rings is 1. The van der Waals surface area contributed by atoms with Gasteiger partial charge >= 0.3 is 0 Å². The molecular weight excluding hydrogens is 204 g/mol. The maximum Gasteiger partial charge on any atom is 0.0568 e. The van der Waals surface area contributed by atoms with Crippen molar-refractivity contribution >= 4 is 27.7 Å². The van der Waals surface area contributed by atoms with Gasteiger partial charge in [-0.25, -0.2) is 0 Å². The normalized spacial score (nSPS) is 9.27. The minimum atomic E-state index is 0.870. The van der Waals surface area contributed by atoms with Crippen LogP contribution in [0.25, 0.3) is 6.08 Å². The molecule has 0 fully saturated rings. The number of hydrogen-bond donors (Lipinski definition) is 2. The third kappa shape index (κ3) is 1.61. The molecule has 0 bridgehead atoms. The minimum Gasteiger partial charge on any atom is -0.323 e. The van der Waals surface area contributed by atoms with Crippen molar-refractivity contribution in [1.82, 2.24) is 0 Å². The fraction of sp³-hybridized carbons (Fsp3) is 0. The Morgan fingerprint density at radius 1 is 1.55 bits per heavy atom. The second-order valence-corrected chi connectivity index (χ2v) is 2.90. The third-order valence-corrected chi connectivity index (χ3v) is 2.10. The lowest BCUT2D eigenvalue weighted by molar-refractivity contribution is 1.34. The highest BCUT2D eigenvalue weighted by atomic mass is 79.9. The van der Waals surface area contributed by atoms with Crippen LogP contribution in [-0.4, -0.2) is 0 Å². The van der Waals surface area contributed by atoms with Crippen LogP contribution < -0.4 is 11.3 Å². The number of halogens is 1. The van der Waals surface area contributed by atoms with Gasteiger partial charge in [0.05, 0.1) is 5.69 Å². The van der Waals surface area contributed by atoms with Crippen LogP contribution in [0.4, 0.5) is 5.69 Å². The molecule has 0 aliphatic carbocycles. The van der Waals surface area contributed by atoms with E-state index in [1.165, 1.54) is 0 Å². The van der Waals surface area contributed by atoms with Gasteiger partial charge in [-0.3, -0.25) is 5.84 Å². The Hall–Kier alpha value is -0.800. The Labute approximate surface area is 74.2 Å². The van der Waals surface area contributed by atoms with Crippen molar-refractivity contribution in [2.75, 3.05) is 5.43 Å². The number of nitrogen functional groups attached to an aromatic ring is 1. The third-order valence-electron chi connectivity index (χ3n) is 1.41. The molecule has 3 heteroatoms. The summed E-state index contributed by atoms with van der Waals surface area (Å²) >= 11 is 3.38. The molecule has 11 heavy (non-hydrogen) atoms. The van der Waals surface area contributed by atoms with E-state index in [0.29, 0.717) is 0 Å². The van der Waals surface area contributed by atoms with Crippen LogP contribution in [-0.2, 0) is 0 Å². The molecule has 1 aromatic carbocycles. The molecule has 3 N–H and O–H groups in total. The van der Waals surface area contributed by atoms with Gasteiger partial charge in [0.1, 0.15) is 0 Å². The average Bonchev–Trinajstić information content (AvgIpc) is 2.04. The number of hydrazine groups is 1. The van der Waals surface area contributed by atoms with Crippen LogP contribution in [0.3, 0.4) is 0 Å². The summed E-state index contributed by atoms with van der Waals surface area (Å²) in [4.78, 5) is 0. The topological polar surface area (TPSA) is 38.0 Å². The number of nitrogens with one attached hydrogen (secondary N) is 1. The zero-order valence-corrected chi connectivity index (χ0v) is 7.56. The standard InChI is InChI=1S/C8H9BrN2/c1-2-6-7(9)4-3-5-8(6)11-10/h2-5,11H,1,10H2. The van der Waals surface area contributed by atoms with Crippen molar-refractivity contribution < 1.29 is 0 Å². The molecule has 0 heterocycles. The van der Waals surface area contributed by atoms with E-state index in [0.717, 1.165) is 15.7 Å². The SMILES string of the molecule is C=Cc1c(Br)cccc1NN. The molecule has 0 saturated heterocycles. The van der Waals surface area contributed by atoms with Crippen molar-refractivity contribution in [3.8, 4) is 0 Å². The second kappa shape index (κ2) is 3.55. The van der Waals surface area contributed by atoms with Crippen LogP contribution in [0.5, 0.6) is 0 Å². The predicted molar refractivity (Wildman–Crippen MR) is 52.0 cm³/mol. The lowest BCUT2D eigenvalue weighted by Gasteiger charge is -2.05. The largest absolute Gasteiger partial charge is 0.323 e. The summed E-state index contributed by atoms with van der Waals surface area (Å²) in [6.45, 7) is 3.67. The van der Waals surface area contributed by atoms with E-state index in [4.69, 9.17) is 5.84 Å². The van der Waals surface area contributed by atoms with Crippen molar-refractivity contribution in [1.29, 1.82) is 0 Å². The number of rotatable bonds is 2. The van der Waals surface area contributed by atoms with E-state index < -0.39 is 0 Å². The van der Waals surface area contributed by atoms with Gasteiger partial charge in [0, 0.05) is 10.0 Å². The summed E-state index contributed by atoms with van der Waals surface area (Å²) in [5.41, 5.74) is 4.44. The number of nitrogens with two attached hydrogens (primary N) is 1. The Bertz CT molecular complexity index is 271. The predicted octanol–water partition coefficient (Wildman–Crippen LogP) is 2.38. The Morgan fingerprint density at radius 3 is 2.73 bits per heavy atom. The Kier molecular flexibility index (Phi) is 2.68. The molecule has 2 nitrogen and oxygen atoms in total. The molecule has 1 rings (SSSR count). The van der Waals surface area contributed by atoms with E-state index in [2.05, 4.69) is 27.9 Å². The second-order valence-electron chi connectivity index (χ2n) is 2.05. The van der Waals surface area contributed by atoms with Gasteiger partial charge < -0.3 is 5.43 Å². The molecule has 0 atom stereocenters. The van der Waals surface area contributed by atoms with Crippen molar-refractivity contribution in [3.05, 3.63) is 34.8 Å². The first-order chi connectivity index (χ1) is 5.29. The summed E-state index contributed by atoms with van der Waals surface area (Å²) in [5, 5.41) is 0. The molecule has 1 aromatic rings. The molecule has 0 aliphatic heterocycles. The fourth-order valence-corrected chi connectivity index (χ4v) is 1.40. The quantitative estimate of drug-likeness (QED) is 0.584. The van der Waals surface area contributed by atoms with E-state index in [9.17, 15) is 0 Å². The van der Waals surface area contributed by atoms with Gasteiger partial charge in [-0.05, 0) is 12.1 Å². The highest BCUT2D eigenvalue weighted by Crippen LogP contribution is 2.24. The summed E-state index contributed by atoms with van der Waals surface area (Å²) in [5.74, 6) is 5.28. The molecule has 0 radical (unpaired) electrons. The van der Waals surface area contributed by atoms with Gasteiger partial charge in [0.25, 0.3) is 0 Å². The highest BCUT2D eigenvalue weighted by Gasteiger charge is 1.99. The van der Waals surface area contributed by atoms with Crippen LogP contribution in [0, 0.1) is 0 Å². The van der Waals surface area contributed by atoms with Gasteiger partial charge in [0.15, 0.2) is 0 Å². The molecule has 0 amide bonds. The highest BCUT2D eigenvalue weighted by molar-refractivity contribution is 9.10. The minimum absolute atomic E-state index is 0.870. The average molecular weight is 213 g/mol. The maximum absolute atomic E-state index is 5.28. The lowest BCUT2D eigenvalue weighted by Crippen LogP contribution is -2.07. The van der Waals surface area contributed by atoms with E-state index in [1.54, 1.807) is 6.08 Å². The molecular formula is C8H9BrN2. The summed E-state index contributed by atoms with van der Waals surface area (Å²) < 4.78 is 0.989. The van der Waals surface area contributed by atoms with E-state index in [-0.39, 0.29) is 0 Å². The first-order valence-corrected chi connectivity index (χ1v) is 3.96. The zero-order chi connectivity index (χ0) is 8.27. The Morgan fingerprint density at radius 2 is 2.27 bits per heavy atom. The van der Waals surface area contributed by atoms with Gasteiger partial charge in [0.2, 0.25) is 0 Å². The Balaban J connectivity index is 3.24. The summed E-state index contributed by atoms with van der Waals surface area (Å²) in [6, 6.07) is 5.74. The monoisotopic (exact) mass is 212 g/mol. The fourth-order valence-electron chi connectivity index (χ4n) is 0.870. The summed E-state index contributed by atoms with van der Waals surface area (Å²) in [6.07, 6.45) is 1.75. The van der Waals surface area contributed by atoms with Gasteiger partial charge in [-0.15, -0.1) is 0 Å². The number of hydrogen-bond acceptors (Lipinski definition) is 2. The molecule has 0 unspecified atom stereocenters. The molecule has 0 aromatic heterocycles. The summed E-state index contributed by atoms with van der Waals surface area (Å²) in [7, 11) is 0. The maximum atomic E-state index is 5.28. The van der Waals surface area contributed by atoms with Crippen LogP contribution in [0.2, 0.25) is 0 Å². The van der Waals surface area contributed by atoms with Crippen molar-refractivity contribution in [3.63, 3.8) is 0 Å². The van der Waals surface area contributed by atoms with Gasteiger partial charge in [-0.1, -0.05) is 34.7 Å². The molecule has 0 saturated carbocycles. The first kappa shape index (κ1) is 8.30. The molecule has 0 aliphatic rings.